The van der Waals surface area contributed by atoms with Gasteiger partial charge in [0.15, 0.2) is 0 Å². The van der Waals surface area contributed by atoms with Crippen LogP contribution in [0.1, 0.15) is 28.2 Å². The third-order valence-electron chi connectivity index (χ3n) is 3.59. The standard InChI is InChI=1S/C17H16N2O2/c1-12-3-4-13(2)15(9-12)10-16(11-18)14-5-7-17(8-6-14)19(20)21/h3-9,16H,10H2,1-2H3. The van der Waals surface area contributed by atoms with E-state index in [1.807, 2.05) is 19.9 Å². The van der Waals surface area contributed by atoms with Crippen molar-refractivity contribution in [3.8, 4) is 6.07 Å². The average molecular weight is 280 g/mol. The Bertz CT molecular complexity index is 700. The number of rotatable bonds is 4. The van der Waals surface area contributed by atoms with Crippen molar-refractivity contribution in [1.82, 2.24) is 0 Å². The molecule has 0 aliphatic heterocycles. The maximum absolute atomic E-state index is 10.7. The minimum absolute atomic E-state index is 0.0437. The Morgan fingerprint density at radius 2 is 1.86 bits per heavy atom. The second-order valence-corrected chi connectivity index (χ2v) is 5.16. The van der Waals surface area contributed by atoms with Crippen molar-refractivity contribution in [1.29, 1.82) is 5.26 Å². The lowest BCUT2D eigenvalue weighted by Gasteiger charge is -2.12. The fourth-order valence-corrected chi connectivity index (χ4v) is 2.31. The summed E-state index contributed by atoms with van der Waals surface area (Å²) < 4.78 is 0. The van der Waals surface area contributed by atoms with Gasteiger partial charge in [-0.2, -0.15) is 5.26 Å². The third-order valence-corrected chi connectivity index (χ3v) is 3.59. The van der Waals surface area contributed by atoms with Crippen LogP contribution in [0.3, 0.4) is 0 Å². The number of nitriles is 1. The van der Waals surface area contributed by atoms with E-state index in [-0.39, 0.29) is 11.6 Å². The molecule has 0 aromatic heterocycles. The van der Waals surface area contributed by atoms with Gasteiger partial charge >= 0.3 is 0 Å². The lowest BCUT2D eigenvalue weighted by Crippen LogP contribution is -2.02. The molecule has 0 spiro atoms. The minimum atomic E-state index is -0.435. The monoisotopic (exact) mass is 280 g/mol. The highest BCUT2D eigenvalue weighted by atomic mass is 16.6. The van der Waals surface area contributed by atoms with Crippen molar-refractivity contribution in [2.75, 3.05) is 0 Å². The molecule has 0 amide bonds. The van der Waals surface area contributed by atoms with Crippen molar-refractivity contribution >= 4 is 5.69 Å². The molecule has 0 aliphatic rings. The SMILES string of the molecule is Cc1ccc(C)c(CC(C#N)c2ccc([N+](=O)[O-])cc2)c1. The Balaban J connectivity index is 2.26. The van der Waals surface area contributed by atoms with Crippen LogP contribution in [0.15, 0.2) is 42.5 Å². The molecule has 21 heavy (non-hydrogen) atoms. The molecule has 4 heteroatoms. The number of nitro benzene ring substituents is 1. The number of nitro groups is 1. The highest BCUT2D eigenvalue weighted by Gasteiger charge is 2.14. The van der Waals surface area contributed by atoms with E-state index in [1.54, 1.807) is 12.1 Å². The summed E-state index contributed by atoms with van der Waals surface area (Å²) in [4.78, 5) is 10.2. The fourth-order valence-electron chi connectivity index (χ4n) is 2.31. The van der Waals surface area contributed by atoms with E-state index in [2.05, 4.69) is 18.2 Å². The molecule has 2 aromatic carbocycles. The Kier molecular flexibility index (Phi) is 4.34. The van der Waals surface area contributed by atoms with Gasteiger partial charge in [-0.25, -0.2) is 0 Å². The van der Waals surface area contributed by atoms with Crippen LogP contribution in [0.25, 0.3) is 0 Å². The molecule has 2 rings (SSSR count). The maximum atomic E-state index is 10.7. The molecule has 0 saturated heterocycles. The zero-order valence-corrected chi connectivity index (χ0v) is 12.0. The summed E-state index contributed by atoms with van der Waals surface area (Å²) in [5.74, 6) is -0.300. The second-order valence-electron chi connectivity index (χ2n) is 5.16. The summed E-state index contributed by atoms with van der Waals surface area (Å²) in [5, 5.41) is 20.1. The molecule has 0 radical (unpaired) electrons. The molecule has 1 unspecified atom stereocenters. The van der Waals surface area contributed by atoms with Gasteiger partial charge in [0.05, 0.1) is 16.9 Å². The van der Waals surface area contributed by atoms with Crippen molar-refractivity contribution in [3.05, 3.63) is 74.8 Å². The third kappa shape index (κ3) is 3.46. The lowest BCUT2D eigenvalue weighted by atomic mass is 9.90. The summed E-state index contributed by atoms with van der Waals surface area (Å²) in [6, 6.07) is 14.7. The van der Waals surface area contributed by atoms with E-state index in [0.29, 0.717) is 6.42 Å². The molecule has 0 aliphatic carbocycles. The van der Waals surface area contributed by atoms with Crippen molar-refractivity contribution in [3.63, 3.8) is 0 Å². The summed E-state index contributed by atoms with van der Waals surface area (Å²) >= 11 is 0. The van der Waals surface area contributed by atoms with Gasteiger partial charge in [0, 0.05) is 12.1 Å². The van der Waals surface area contributed by atoms with Crippen LogP contribution >= 0.6 is 0 Å². The van der Waals surface area contributed by atoms with Gasteiger partial charge in [0.1, 0.15) is 0 Å². The number of nitrogens with zero attached hydrogens (tertiary/aromatic N) is 2. The van der Waals surface area contributed by atoms with Gasteiger partial charge < -0.3 is 0 Å². The first kappa shape index (κ1) is 14.7. The van der Waals surface area contributed by atoms with E-state index in [1.165, 1.54) is 12.1 Å². The predicted octanol–water partition coefficient (Wildman–Crippen LogP) is 4.06. The van der Waals surface area contributed by atoms with Gasteiger partial charge in [0.25, 0.3) is 5.69 Å². The molecule has 2 aromatic rings. The van der Waals surface area contributed by atoms with Gasteiger partial charge in [-0.3, -0.25) is 10.1 Å². The molecular formula is C17H16N2O2. The molecule has 106 valence electrons. The van der Waals surface area contributed by atoms with Crippen molar-refractivity contribution in [2.24, 2.45) is 0 Å². The normalized spacial score (nSPS) is 11.7. The Hall–Kier alpha value is -2.67. The number of aryl methyl sites for hydroxylation is 2. The minimum Gasteiger partial charge on any atom is -0.258 e. The molecule has 0 heterocycles. The van der Waals surface area contributed by atoms with E-state index in [4.69, 9.17) is 0 Å². The van der Waals surface area contributed by atoms with Crippen LogP contribution in [-0.2, 0) is 6.42 Å². The predicted molar refractivity (Wildman–Crippen MR) is 81.1 cm³/mol. The van der Waals surface area contributed by atoms with Gasteiger partial charge in [-0.1, -0.05) is 35.9 Å². The summed E-state index contributed by atoms with van der Waals surface area (Å²) in [6.45, 7) is 4.05. The second kappa shape index (κ2) is 6.19. The Labute approximate surface area is 123 Å². The first-order valence-corrected chi connectivity index (χ1v) is 6.71. The van der Waals surface area contributed by atoms with Crippen LogP contribution in [0, 0.1) is 35.3 Å². The first-order valence-electron chi connectivity index (χ1n) is 6.71. The van der Waals surface area contributed by atoms with E-state index >= 15 is 0 Å². The smallest absolute Gasteiger partial charge is 0.258 e. The van der Waals surface area contributed by atoms with Crippen LogP contribution in [0.5, 0.6) is 0 Å². The number of hydrogen-bond acceptors (Lipinski definition) is 3. The van der Waals surface area contributed by atoms with Crippen LogP contribution in [-0.4, -0.2) is 4.92 Å². The summed E-state index contributed by atoms with van der Waals surface area (Å²) in [7, 11) is 0. The maximum Gasteiger partial charge on any atom is 0.269 e. The Morgan fingerprint density at radius 3 is 2.43 bits per heavy atom. The van der Waals surface area contributed by atoms with Gasteiger partial charge in [0.2, 0.25) is 0 Å². The van der Waals surface area contributed by atoms with E-state index < -0.39 is 4.92 Å². The molecule has 4 nitrogen and oxygen atoms in total. The van der Waals surface area contributed by atoms with E-state index in [9.17, 15) is 15.4 Å². The molecular weight excluding hydrogens is 264 g/mol. The summed E-state index contributed by atoms with van der Waals surface area (Å²) in [6.07, 6.45) is 0.613. The first-order chi connectivity index (χ1) is 10.0. The van der Waals surface area contributed by atoms with Crippen molar-refractivity contribution < 1.29 is 4.92 Å². The number of non-ortho nitro benzene ring substituents is 1. The van der Waals surface area contributed by atoms with Gasteiger partial charge in [-0.15, -0.1) is 0 Å². The van der Waals surface area contributed by atoms with Crippen LogP contribution in [0.2, 0.25) is 0 Å². The van der Waals surface area contributed by atoms with Crippen LogP contribution in [0.4, 0.5) is 5.69 Å². The Morgan fingerprint density at radius 1 is 1.19 bits per heavy atom. The fraction of sp³-hybridized carbons (Fsp3) is 0.235. The molecule has 1 atom stereocenters. The van der Waals surface area contributed by atoms with Crippen LogP contribution < -0.4 is 0 Å². The number of benzene rings is 2. The number of hydrogen-bond donors (Lipinski definition) is 0. The summed E-state index contributed by atoms with van der Waals surface area (Å²) in [5.41, 5.74) is 4.31. The quantitative estimate of drug-likeness (QED) is 0.626. The topological polar surface area (TPSA) is 66.9 Å². The highest BCUT2D eigenvalue weighted by molar-refractivity contribution is 5.39. The molecule has 0 fully saturated rings. The van der Waals surface area contributed by atoms with E-state index in [0.717, 1.165) is 22.3 Å². The lowest BCUT2D eigenvalue weighted by molar-refractivity contribution is -0.384. The zero-order chi connectivity index (χ0) is 15.4. The molecule has 0 bridgehead atoms. The van der Waals surface area contributed by atoms with Gasteiger partial charge in [-0.05, 0) is 37.0 Å². The van der Waals surface area contributed by atoms with Crippen molar-refractivity contribution in [2.45, 2.75) is 26.2 Å². The molecule has 0 N–H and O–H groups in total. The highest BCUT2D eigenvalue weighted by Crippen LogP contribution is 2.24. The average Bonchev–Trinajstić information content (AvgIpc) is 2.48. The zero-order valence-electron chi connectivity index (χ0n) is 12.0. The molecule has 0 saturated carbocycles. The largest absolute Gasteiger partial charge is 0.269 e.